The average molecular weight is 314 g/mol. The van der Waals surface area contributed by atoms with Gasteiger partial charge in [0, 0.05) is 32.0 Å². The first-order valence-corrected chi connectivity index (χ1v) is 7.40. The van der Waals surface area contributed by atoms with Crippen LogP contribution in [-0.2, 0) is 12.0 Å². The van der Waals surface area contributed by atoms with Gasteiger partial charge in [-0.25, -0.2) is 0 Å². The molecule has 0 saturated carbocycles. The number of hydrogen-bond donors (Lipinski definition) is 0. The molecular formula is C18H20ClN3. The molecule has 0 radical (unpaired) electrons. The van der Waals surface area contributed by atoms with E-state index in [0.717, 1.165) is 38.0 Å². The molecule has 0 atom stereocenters. The molecule has 4 heteroatoms. The summed E-state index contributed by atoms with van der Waals surface area (Å²) >= 11 is 0. The Labute approximate surface area is 138 Å². The number of rotatable bonds is 3. The lowest BCUT2D eigenvalue weighted by atomic mass is 9.74. The van der Waals surface area contributed by atoms with Crippen LogP contribution in [0.15, 0.2) is 54.9 Å². The van der Waals surface area contributed by atoms with Crippen LogP contribution in [0.25, 0.3) is 0 Å². The molecule has 1 aliphatic heterocycles. The van der Waals surface area contributed by atoms with Crippen molar-refractivity contribution in [3.05, 3.63) is 66.0 Å². The summed E-state index contributed by atoms with van der Waals surface area (Å²) in [7, 11) is 0. The van der Waals surface area contributed by atoms with Gasteiger partial charge in [0.2, 0.25) is 0 Å². The molecule has 3 rings (SSSR count). The van der Waals surface area contributed by atoms with Crippen LogP contribution in [0, 0.1) is 11.3 Å². The van der Waals surface area contributed by atoms with E-state index in [1.807, 2.05) is 18.2 Å². The third-order valence-corrected chi connectivity index (χ3v) is 4.41. The summed E-state index contributed by atoms with van der Waals surface area (Å²) in [5.74, 6) is 0. The van der Waals surface area contributed by atoms with Crippen LogP contribution in [-0.4, -0.2) is 23.0 Å². The Morgan fingerprint density at radius 1 is 1.05 bits per heavy atom. The van der Waals surface area contributed by atoms with E-state index in [-0.39, 0.29) is 17.8 Å². The molecule has 0 amide bonds. The van der Waals surface area contributed by atoms with Gasteiger partial charge in [-0.15, -0.1) is 12.4 Å². The Balaban J connectivity index is 0.00000176. The molecule has 114 valence electrons. The summed E-state index contributed by atoms with van der Waals surface area (Å²) in [6, 6.07) is 17.1. The van der Waals surface area contributed by atoms with Crippen molar-refractivity contribution in [3.63, 3.8) is 0 Å². The van der Waals surface area contributed by atoms with E-state index < -0.39 is 0 Å². The van der Waals surface area contributed by atoms with Crippen molar-refractivity contribution in [2.75, 3.05) is 13.1 Å². The van der Waals surface area contributed by atoms with E-state index >= 15 is 0 Å². The molecule has 0 unspecified atom stereocenters. The fraction of sp³-hybridized carbons (Fsp3) is 0.333. The third kappa shape index (κ3) is 3.47. The van der Waals surface area contributed by atoms with E-state index in [1.54, 1.807) is 12.4 Å². The van der Waals surface area contributed by atoms with Crippen molar-refractivity contribution in [1.82, 2.24) is 9.88 Å². The zero-order chi connectivity index (χ0) is 14.5. The molecule has 0 spiro atoms. The van der Waals surface area contributed by atoms with Gasteiger partial charge in [-0.1, -0.05) is 30.3 Å². The lowest BCUT2D eigenvalue weighted by Gasteiger charge is -2.37. The number of aromatic nitrogens is 1. The normalized spacial score (nSPS) is 17.2. The number of likely N-dealkylation sites (tertiary alicyclic amines) is 1. The molecule has 2 heterocycles. The number of nitrogens with zero attached hydrogens (tertiary/aromatic N) is 3. The minimum Gasteiger partial charge on any atom is -0.299 e. The van der Waals surface area contributed by atoms with Crippen molar-refractivity contribution >= 4 is 12.4 Å². The van der Waals surface area contributed by atoms with Gasteiger partial charge < -0.3 is 0 Å². The van der Waals surface area contributed by atoms with E-state index in [1.165, 1.54) is 5.56 Å². The van der Waals surface area contributed by atoms with Gasteiger partial charge in [-0.3, -0.25) is 9.88 Å². The highest BCUT2D eigenvalue weighted by Gasteiger charge is 2.36. The predicted molar refractivity (Wildman–Crippen MR) is 89.7 cm³/mol. The maximum absolute atomic E-state index is 9.68. The van der Waals surface area contributed by atoms with Crippen molar-refractivity contribution in [3.8, 4) is 6.07 Å². The third-order valence-electron chi connectivity index (χ3n) is 4.41. The zero-order valence-electron chi connectivity index (χ0n) is 12.5. The molecule has 0 bridgehead atoms. The van der Waals surface area contributed by atoms with Gasteiger partial charge in [0.15, 0.2) is 0 Å². The van der Waals surface area contributed by atoms with Gasteiger partial charge >= 0.3 is 0 Å². The van der Waals surface area contributed by atoms with Crippen LogP contribution in [0.2, 0.25) is 0 Å². The molecule has 22 heavy (non-hydrogen) atoms. The Morgan fingerprint density at radius 3 is 2.27 bits per heavy atom. The Kier molecular flexibility index (Phi) is 5.54. The molecule has 2 aromatic rings. The van der Waals surface area contributed by atoms with Crippen molar-refractivity contribution < 1.29 is 0 Å². The molecule has 1 fully saturated rings. The van der Waals surface area contributed by atoms with Crippen LogP contribution in [0.1, 0.15) is 24.0 Å². The van der Waals surface area contributed by atoms with Gasteiger partial charge in [-0.05, 0) is 36.1 Å². The maximum atomic E-state index is 9.68. The number of halogens is 1. The van der Waals surface area contributed by atoms with Crippen molar-refractivity contribution in [1.29, 1.82) is 5.26 Å². The van der Waals surface area contributed by atoms with Gasteiger partial charge in [0.05, 0.1) is 11.5 Å². The summed E-state index contributed by atoms with van der Waals surface area (Å²) in [5, 5.41) is 9.68. The molecule has 1 saturated heterocycles. The first-order valence-electron chi connectivity index (χ1n) is 7.40. The zero-order valence-corrected chi connectivity index (χ0v) is 13.3. The summed E-state index contributed by atoms with van der Waals surface area (Å²) in [6.45, 7) is 2.90. The number of benzene rings is 1. The van der Waals surface area contributed by atoms with Gasteiger partial charge in [-0.2, -0.15) is 5.26 Å². The van der Waals surface area contributed by atoms with E-state index in [0.29, 0.717) is 0 Å². The monoisotopic (exact) mass is 313 g/mol. The first kappa shape index (κ1) is 16.5. The second-order valence-corrected chi connectivity index (χ2v) is 5.69. The fourth-order valence-corrected chi connectivity index (χ4v) is 3.07. The second-order valence-electron chi connectivity index (χ2n) is 5.69. The molecule has 0 N–H and O–H groups in total. The fourth-order valence-electron chi connectivity index (χ4n) is 3.07. The van der Waals surface area contributed by atoms with Gasteiger partial charge in [0.25, 0.3) is 0 Å². The standard InChI is InChI=1S/C18H19N3.ClH/c19-15-18(17-6-10-20-11-7-17)8-12-21(13-9-18)14-16-4-2-1-3-5-16;/h1-7,10-11H,8-9,12-14H2;1H. The lowest BCUT2D eigenvalue weighted by Crippen LogP contribution is -2.41. The van der Waals surface area contributed by atoms with E-state index in [2.05, 4.69) is 40.2 Å². The summed E-state index contributed by atoms with van der Waals surface area (Å²) in [6.07, 6.45) is 5.34. The van der Waals surface area contributed by atoms with Crippen LogP contribution in [0.4, 0.5) is 0 Å². The number of pyridine rings is 1. The Morgan fingerprint density at radius 2 is 1.68 bits per heavy atom. The van der Waals surface area contributed by atoms with E-state index in [9.17, 15) is 5.26 Å². The number of piperidine rings is 1. The Bertz CT molecular complexity index is 614. The van der Waals surface area contributed by atoms with Crippen LogP contribution in [0.5, 0.6) is 0 Å². The highest BCUT2D eigenvalue weighted by molar-refractivity contribution is 5.85. The predicted octanol–water partition coefficient (Wildman–Crippen LogP) is 3.56. The molecule has 3 nitrogen and oxygen atoms in total. The highest BCUT2D eigenvalue weighted by Crippen LogP contribution is 2.34. The molecule has 1 aliphatic rings. The maximum Gasteiger partial charge on any atom is 0.0847 e. The lowest BCUT2D eigenvalue weighted by molar-refractivity contribution is 0.179. The SMILES string of the molecule is Cl.N#CC1(c2ccncc2)CCN(Cc2ccccc2)CC1. The smallest absolute Gasteiger partial charge is 0.0847 e. The summed E-state index contributed by atoms with van der Waals surface area (Å²) < 4.78 is 0. The molecule has 0 aliphatic carbocycles. The summed E-state index contributed by atoms with van der Waals surface area (Å²) in [5.41, 5.74) is 2.11. The second kappa shape index (κ2) is 7.40. The number of hydrogen-bond acceptors (Lipinski definition) is 3. The first-order chi connectivity index (χ1) is 10.3. The van der Waals surface area contributed by atoms with E-state index in [4.69, 9.17) is 0 Å². The molecule has 1 aromatic carbocycles. The highest BCUT2D eigenvalue weighted by atomic mass is 35.5. The Hall–Kier alpha value is -1.89. The minimum absolute atomic E-state index is 0. The van der Waals surface area contributed by atoms with Crippen LogP contribution < -0.4 is 0 Å². The van der Waals surface area contributed by atoms with Crippen LogP contribution >= 0.6 is 12.4 Å². The van der Waals surface area contributed by atoms with Gasteiger partial charge in [0.1, 0.15) is 0 Å². The quantitative estimate of drug-likeness (QED) is 0.870. The molecular weight excluding hydrogens is 294 g/mol. The minimum atomic E-state index is -0.337. The largest absolute Gasteiger partial charge is 0.299 e. The van der Waals surface area contributed by atoms with Crippen LogP contribution in [0.3, 0.4) is 0 Å². The summed E-state index contributed by atoms with van der Waals surface area (Å²) in [4.78, 5) is 6.49. The topological polar surface area (TPSA) is 39.9 Å². The van der Waals surface area contributed by atoms with Crippen molar-refractivity contribution in [2.45, 2.75) is 24.8 Å². The molecule has 1 aromatic heterocycles. The van der Waals surface area contributed by atoms with Crippen molar-refractivity contribution in [2.24, 2.45) is 0 Å². The number of nitriles is 1. The average Bonchev–Trinajstić information content (AvgIpc) is 2.58.